The van der Waals surface area contributed by atoms with Crippen LogP contribution in [0.1, 0.15) is 22.2 Å². The maximum atomic E-state index is 12.0. The van der Waals surface area contributed by atoms with Crippen molar-refractivity contribution in [2.75, 3.05) is 11.1 Å². The van der Waals surface area contributed by atoms with Gasteiger partial charge in [-0.05, 0) is 12.0 Å². The van der Waals surface area contributed by atoms with Gasteiger partial charge in [0.1, 0.15) is 4.88 Å². The molecular weight excluding hydrogens is 280 g/mol. The molecule has 0 spiro atoms. The fourth-order valence-electron chi connectivity index (χ4n) is 1.68. The van der Waals surface area contributed by atoms with Gasteiger partial charge in [-0.25, -0.2) is 4.98 Å². The highest BCUT2D eigenvalue weighted by Gasteiger charge is 2.14. The lowest BCUT2D eigenvalue weighted by molar-refractivity contribution is -0.384. The van der Waals surface area contributed by atoms with Gasteiger partial charge in [0.2, 0.25) is 0 Å². The van der Waals surface area contributed by atoms with Crippen LogP contribution in [0.3, 0.4) is 0 Å². The summed E-state index contributed by atoms with van der Waals surface area (Å²) in [5.74, 6) is -0.380. The molecule has 0 aliphatic carbocycles. The number of nitrogens with one attached hydrogen (secondary N) is 1. The van der Waals surface area contributed by atoms with Crippen LogP contribution in [0.5, 0.6) is 0 Å². The molecule has 0 saturated carbocycles. The van der Waals surface area contributed by atoms with Crippen molar-refractivity contribution in [2.24, 2.45) is 0 Å². The van der Waals surface area contributed by atoms with E-state index in [1.54, 1.807) is 6.07 Å². The van der Waals surface area contributed by atoms with Crippen LogP contribution in [-0.4, -0.2) is 15.8 Å². The fourth-order valence-corrected chi connectivity index (χ4v) is 2.26. The second-order valence-electron chi connectivity index (χ2n) is 3.97. The number of nitrogen functional groups attached to an aromatic ring is 1. The van der Waals surface area contributed by atoms with E-state index in [1.165, 1.54) is 18.3 Å². The Morgan fingerprint density at radius 1 is 1.55 bits per heavy atom. The van der Waals surface area contributed by atoms with Crippen molar-refractivity contribution in [1.29, 1.82) is 0 Å². The number of aromatic nitrogens is 1. The molecule has 0 aliphatic rings. The van der Waals surface area contributed by atoms with E-state index in [-0.39, 0.29) is 11.6 Å². The summed E-state index contributed by atoms with van der Waals surface area (Å²) in [5.41, 5.74) is 6.65. The van der Waals surface area contributed by atoms with E-state index in [4.69, 9.17) is 5.73 Å². The van der Waals surface area contributed by atoms with Gasteiger partial charge in [0.05, 0.1) is 16.8 Å². The van der Waals surface area contributed by atoms with Crippen LogP contribution in [0.15, 0.2) is 24.4 Å². The molecule has 0 atom stereocenters. The minimum Gasteiger partial charge on any atom is -0.375 e. The van der Waals surface area contributed by atoms with E-state index < -0.39 is 4.92 Å². The molecule has 0 bridgehead atoms. The molecule has 0 aliphatic heterocycles. The average Bonchev–Trinajstić information content (AvgIpc) is 2.85. The van der Waals surface area contributed by atoms with Crippen LogP contribution in [0.2, 0.25) is 0 Å². The summed E-state index contributed by atoms with van der Waals surface area (Å²) in [4.78, 5) is 26.4. The maximum Gasteiger partial charge on any atom is 0.271 e. The van der Waals surface area contributed by atoms with Crippen molar-refractivity contribution >= 4 is 33.8 Å². The van der Waals surface area contributed by atoms with Crippen molar-refractivity contribution in [1.82, 2.24) is 4.98 Å². The first-order chi connectivity index (χ1) is 9.51. The predicted molar refractivity (Wildman–Crippen MR) is 77.0 cm³/mol. The molecule has 0 fully saturated rings. The maximum absolute atomic E-state index is 12.0. The largest absolute Gasteiger partial charge is 0.375 e. The van der Waals surface area contributed by atoms with E-state index in [2.05, 4.69) is 10.3 Å². The Bertz CT molecular complexity index is 668. The first kappa shape index (κ1) is 13.9. The number of anilines is 2. The molecule has 7 nitrogen and oxygen atoms in total. The van der Waals surface area contributed by atoms with E-state index in [1.807, 2.05) is 6.92 Å². The molecule has 0 saturated heterocycles. The highest BCUT2D eigenvalue weighted by Crippen LogP contribution is 2.24. The number of nitro benzene ring substituents is 1. The molecule has 2 aromatic rings. The van der Waals surface area contributed by atoms with Gasteiger partial charge in [-0.15, -0.1) is 0 Å². The molecule has 1 heterocycles. The topological polar surface area (TPSA) is 111 Å². The van der Waals surface area contributed by atoms with Crippen molar-refractivity contribution in [3.05, 3.63) is 45.0 Å². The smallest absolute Gasteiger partial charge is 0.271 e. The summed E-state index contributed by atoms with van der Waals surface area (Å²) in [6, 6.07) is 4.40. The van der Waals surface area contributed by atoms with Crippen molar-refractivity contribution in [2.45, 2.75) is 13.3 Å². The van der Waals surface area contributed by atoms with Crippen LogP contribution in [-0.2, 0) is 6.42 Å². The van der Waals surface area contributed by atoms with Crippen LogP contribution in [0, 0.1) is 10.1 Å². The average molecular weight is 292 g/mol. The van der Waals surface area contributed by atoms with Gasteiger partial charge in [0, 0.05) is 12.1 Å². The van der Waals surface area contributed by atoms with E-state index in [0.717, 1.165) is 16.9 Å². The zero-order chi connectivity index (χ0) is 14.7. The van der Waals surface area contributed by atoms with Crippen LogP contribution in [0.4, 0.5) is 16.5 Å². The minimum atomic E-state index is -0.500. The van der Waals surface area contributed by atoms with Gasteiger partial charge in [0.15, 0.2) is 5.13 Å². The van der Waals surface area contributed by atoms with Crippen molar-refractivity contribution in [3.8, 4) is 0 Å². The molecule has 1 amide bonds. The molecular formula is C12H12N4O3S. The zero-order valence-corrected chi connectivity index (χ0v) is 11.4. The second-order valence-corrected chi connectivity index (χ2v) is 5.03. The molecule has 104 valence electrons. The predicted octanol–water partition coefficient (Wildman–Crippen LogP) is 2.45. The third-order valence-corrected chi connectivity index (χ3v) is 3.51. The van der Waals surface area contributed by atoms with E-state index >= 15 is 0 Å². The monoisotopic (exact) mass is 292 g/mol. The molecule has 20 heavy (non-hydrogen) atoms. The van der Waals surface area contributed by atoms with Crippen molar-refractivity contribution in [3.63, 3.8) is 0 Å². The first-order valence-electron chi connectivity index (χ1n) is 5.81. The van der Waals surface area contributed by atoms with Gasteiger partial charge < -0.3 is 11.1 Å². The molecule has 2 rings (SSSR count). The molecule has 8 heteroatoms. The van der Waals surface area contributed by atoms with Crippen LogP contribution < -0.4 is 11.1 Å². The zero-order valence-electron chi connectivity index (χ0n) is 10.6. The Balaban J connectivity index is 2.29. The number of nitrogens with zero attached hydrogens (tertiary/aromatic N) is 2. The fraction of sp³-hybridized carbons (Fsp3) is 0.167. The SMILES string of the molecule is CCc1ccc([N+](=O)[O-])cc1NC(=O)c1cnc(N)s1. The van der Waals surface area contributed by atoms with Gasteiger partial charge >= 0.3 is 0 Å². The number of carbonyl (C=O) groups is 1. The summed E-state index contributed by atoms with van der Waals surface area (Å²) in [7, 11) is 0. The number of nitrogens with two attached hydrogens (primary N) is 1. The Morgan fingerprint density at radius 2 is 2.30 bits per heavy atom. The molecule has 0 radical (unpaired) electrons. The number of non-ortho nitro benzene ring substituents is 1. The quantitative estimate of drug-likeness (QED) is 0.664. The number of aryl methyl sites for hydroxylation is 1. The number of rotatable bonds is 4. The van der Waals surface area contributed by atoms with Gasteiger partial charge in [-0.1, -0.05) is 24.3 Å². The van der Waals surface area contributed by atoms with Gasteiger partial charge in [-0.3, -0.25) is 14.9 Å². The number of hydrogen-bond acceptors (Lipinski definition) is 6. The summed E-state index contributed by atoms with van der Waals surface area (Å²) in [6.07, 6.45) is 2.02. The highest BCUT2D eigenvalue weighted by atomic mass is 32.1. The number of hydrogen-bond donors (Lipinski definition) is 2. The standard InChI is InChI=1S/C12H12N4O3S/c1-2-7-3-4-8(16(18)19)5-9(7)15-11(17)10-6-14-12(13)20-10/h3-6H,2H2,1H3,(H2,13,14)(H,15,17). The summed E-state index contributed by atoms with van der Waals surface area (Å²) < 4.78 is 0. The third kappa shape index (κ3) is 2.91. The Labute approximate surface area is 118 Å². The molecule has 0 unspecified atom stereocenters. The third-order valence-electron chi connectivity index (χ3n) is 2.68. The molecule has 3 N–H and O–H groups in total. The number of carbonyl (C=O) groups excluding carboxylic acids is 1. The lowest BCUT2D eigenvalue weighted by Gasteiger charge is -2.08. The van der Waals surface area contributed by atoms with Crippen molar-refractivity contribution < 1.29 is 9.72 Å². The Kier molecular flexibility index (Phi) is 3.94. The number of benzene rings is 1. The normalized spacial score (nSPS) is 10.2. The Morgan fingerprint density at radius 3 is 2.85 bits per heavy atom. The Hall–Kier alpha value is -2.48. The van der Waals surface area contributed by atoms with E-state index in [0.29, 0.717) is 22.1 Å². The minimum absolute atomic E-state index is 0.0682. The van der Waals surface area contributed by atoms with E-state index in [9.17, 15) is 14.9 Å². The number of nitro groups is 1. The molecule has 1 aromatic carbocycles. The summed E-state index contributed by atoms with van der Waals surface area (Å²) >= 11 is 1.06. The summed E-state index contributed by atoms with van der Waals surface area (Å²) in [5, 5.41) is 13.7. The second kappa shape index (κ2) is 5.66. The number of amides is 1. The summed E-state index contributed by atoms with van der Waals surface area (Å²) in [6.45, 7) is 1.90. The van der Waals surface area contributed by atoms with Crippen LogP contribution >= 0.6 is 11.3 Å². The number of thiazole rings is 1. The highest BCUT2D eigenvalue weighted by molar-refractivity contribution is 7.17. The molecule has 1 aromatic heterocycles. The lowest BCUT2D eigenvalue weighted by atomic mass is 10.1. The lowest BCUT2D eigenvalue weighted by Crippen LogP contribution is -2.12. The van der Waals surface area contributed by atoms with Gasteiger partial charge in [0.25, 0.3) is 11.6 Å². The first-order valence-corrected chi connectivity index (χ1v) is 6.63. The van der Waals surface area contributed by atoms with Gasteiger partial charge in [-0.2, -0.15) is 0 Å². The van der Waals surface area contributed by atoms with Crippen LogP contribution in [0.25, 0.3) is 0 Å².